The number of benzene rings is 1. The fraction of sp³-hybridized carbons (Fsp3) is 0.375. The number of allylic oxidation sites excluding steroid dienone is 2. The largest absolute Gasteiger partial charge is 0.274 e. The number of anilines is 1. The third-order valence-corrected chi connectivity index (χ3v) is 4.64. The van der Waals surface area contributed by atoms with Gasteiger partial charge in [-0.2, -0.15) is 0 Å². The molecule has 0 radical (unpaired) electrons. The molecular formula is C16H16ClNO2. The Hall–Kier alpha value is -1.61. The normalized spacial score (nSPS) is 26.2. The number of carbonyl (C=O) groups is 2. The van der Waals surface area contributed by atoms with Crippen LogP contribution in [0.3, 0.4) is 0 Å². The summed E-state index contributed by atoms with van der Waals surface area (Å²) in [6.45, 7) is 4.09. The molecule has 3 nitrogen and oxygen atoms in total. The molecule has 2 atom stereocenters. The molecule has 1 aliphatic carbocycles. The van der Waals surface area contributed by atoms with Gasteiger partial charge >= 0.3 is 0 Å². The van der Waals surface area contributed by atoms with Gasteiger partial charge in [0.1, 0.15) is 0 Å². The van der Waals surface area contributed by atoms with Crippen LogP contribution in [0.5, 0.6) is 0 Å². The van der Waals surface area contributed by atoms with E-state index in [4.69, 9.17) is 11.6 Å². The van der Waals surface area contributed by atoms with Crippen molar-refractivity contribution in [3.63, 3.8) is 0 Å². The van der Waals surface area contributed by atoms with Gasteiger partial charge in [-0.15, -0.1) is 0 Å². The Bertz CT molecular complexity index is 603. The van der Waals surface area contributed by atoms with Crippen molar-refractivity contribution in [1.29, 1.82) is 0 Å². The van der Waals surface area contributed by atoms with E-state index in [-0.39, 0.29) is 23.7 Å². The topological polar surface area (TPSA) is 37.4 Å². The average Bonchev–Trinajstić information content (AvgIpc) is 2.63. The highest BCUT2D eigenvalue weighted by Crippen LogP contribution is 2.42. The molecule has 2 amide bonds. The van der Waals surface area contributed by atoms with Crippen LogP contribution in [0.2, 0.25) is 5.02 Å². The molecule has 1 aromatic carbocycles. The smallest absolute Gasteiger partial charge is 0.238 e. The Kier molecular flexibility index (Phi) is 3.17. The van der Waals surface area contributed by atoms with Crippen molar-refractivity contribution < 1.29 is 9.59 Å². The number of hydrogen-bond acceptors (Lipinski definition) is 2. The minimum atomic E-state index is -0.204. The van der Waals surface area contributed by atoms with Crippen molar-refractivity contribution in [2.45, 2.75) is 26.7 Å². The van der Waals surface area contributed by atoms with Crippen molar-refractivity contribution in [1.82, 2.24) is 0 Å². The number of amides is 2. The zero-order valence-electron chi connectivity index (χ0n) is 11.5. The Morgan fingerprint density at radius 1 is 1.05 bits per heavy atom. The van der Waals surface area contributed by atoms with Gasteiger partial charge in [0.15, 0.2) is 0 Å². The molecule has 20 heavy (non-hydrogen) atoms. The summed E-state index contributed by atoms with van der Waals surface area (Å²) in [5.74, 6) is -0.585. The van der Waals surface area contributed by atoms with Gasteiger partial charge in [0.2, 0.25) is 11.8 Å². The monoisotopic (exact) mass is 289 g/mol. The first kappa shape index (κ1) is 13.4. The van der Waals surface area contributed by atoms with Gasteiger partial charge < -0.3 is 0 Å². The predicted molar refractivity (Wildman–Crippen MR) is 78.5 cm³/mol. The summed E-state index contributed by atoms with van der Waals surface area (Å²) in [5.41, 5.74) is 3.05. The number of imide groups is 1. The molecule has 0 aromatic heterocycles. The molecule has 1 saturated heterocycles. The maximum atomic E-state index is 12.6. The molecule has 1 aromatic rings. The van der Waals surface area contributed by atoms with Gasteiger partial charge in [-0.1, -0.05) is 28.8 Å². The lowest BCUT2D eigenvalue weighted by Gasteiger charge is -2.23. The lowest BCUT2D eigenvalue weighted by molar-refractivity contribution is -0.122. The van der Waals surface area contributed by atoms with E-state index < -0.39 is 0 Å². The van der Waals surface area contributed by atoms with Crippen LogP contribution in [-0.2, 0) is 9.59 Å². The molecule has 0 N–H and O–H groups in total. The number of halogens is 1. The minimum Gasteiger partial charge on any atom is -0.274 e. The number of hydrogen-bond donors (Lipinski definition) is 0. The SMILES string of the molecule is CC1=C(C)C[C@H]2C(=O)N(c3cccc(Cl)c3)C(=O)[C@H]2C1. The predicted octanol–water partition coefficient (Wildman–Crippen LogP) is 3.58. The molecule has 104 valence electrons. The van der Waals surface area contributed by atoms with E-state index in [1.165, 1.54) is 16.0 Å². The standard InChI is InChI=1S/C16H16ClNO2/c1-9-6-13-14(7-10(9)2)16(20)18(15(13)19)12-5-3-4-11(17)8-12/h3-5,8,13-14H,6-7H2,1-2H3/t13-,14+. The van der Waals surface area contributed by atoms with E-state index >= 15 is 0 Å². The average molecular weight is 290 g/mol. The third kappa shape index (κ3) is 1.97. The Labute approximate surface area is 123 Å². The first-order valence-electron chi connectivity index (χ1n) is 6.77. The highest BCUT2D eigenvalue weighted by atomic mass is 35.5. The van der Waals surface area contributed by atoms with Crippen LogP contribution < -0.4 is 4.90 Å². The molecule has 1 heterocycles. The van der Waals surface area contributed by atoms with Crippen LogP contribution in [0.4, 0.5) is 5.69 Å². The van der Waals surface area contributed by atoms with Gasteiger partial charge in [-0.3, -0.25) is 9.59 Å². The summed E-state index contributed by atoms with van der Waals surface area (Å²) >= 11 is 5.96. The molecule has 0 spiro atoms. The molecule has 2 aliphatic rings. The quantitative estimate of drug-likeness (QED) is 0.585. The van der Waals surface area contributed by atoms with Gasteiger partial charge in [0, 0.05) is 5.02 Å². The minimum absolute atomic E-state index is 0.0888. The molecule has 1 fully saturated rings. The van der Waals surface area contributed by atoms with Crippen molar-refractivity contribution in [2.24, 2.45) is 11.8 Å². The summed E-state index contributed by atoms with van der Waals surface area (Å²) in [7, 11) is 0. The molecule has 0 saturated carbocycles. The lowest BCUT2D eigenvalue weighted by Crippen LogP contribution is -2.30. The zero-order valence-corrected chi connectivity index (χ0v) is 12.3. The summed E-state index contributed by atoms with van der Waals surface area (Å²) in [6, 6.07) is 6.92. The van der Waals surface area contributed by atoms with Crippen molar-refractivity contribution in [2.75, 3.05) is 4.90 Å². The van der Waals surface area contributed by atoms with Crippen LogP contribution in [0.1, 0.15) is 26.7 Å². The van der Waals surface area contributed by atoms with Crippen LogP contribution in [0, 0.1) is 11.8 Å². The third-order valence-electron chi connectivity index (χ3n) is 4.41. The number of nitrogens with zero attached hydrogens (tertiary/aromatic N) is 1. The molecule has 0 bridgehead atoms. The summed E-state index contributed by atoms with van der Waals surface area (Å²) in [6.07, 6.45) is 1.39. The first-order chi connectivity index (χ1) is 9.49. The van der Waals surface area contributed by atoms with Gasteiger partial charge in [-0.25, -0.2) is 4.90 Å². The lowest BCUT2D eigenvalue weighted by atomic mass is 9.78. The molecular weight excluding hydrogens is 274 g/mol. The van der Waals surface area contributed by atoms with Gasteiger partial charge in [0.25, 0.3) is 0 Å². The van der Waals surface area contributed by atoms with Crippen LogP contribution >= 0.6 is 11.6 Å². The molecule has 4 heteroatoms. The maximum absolute atomic E-state index is 12.6. The van der Waals surface area contributed by atoms with Crippen LogP contribution in [0.25, 0.3) is 0 Å². The van der Waals surface area contributed by atoms with Crippen molar-refractivity contribution in [3.05, 3.63) is 40.4 Å². The second-order valence-corrected chi connectivity index (χ2v) is 6.11. The van der Waals surface area contributed by atoms with E-state index in [0.717, 1.165) is 0 Å². The Balaban J connectivity index is 1.98. The second kappa shape index (κ2) is 4.74. The summed E-state index contributed by atoms with van der Waals surface area (Å²) < 4.78 is 0. The number of fused-ring (bicyclic) bond motifs is 1. The Morgan fingerprint density at radius 3 is 2.10 bits per heavy atom. The molecule has 1 aliphatic heterocycles. The first-order valence-corrected chi connectivity index (χ1v) is 7.15. The molecule has 3 rings (SSSR count). The number of rotatable bonds is 1. The Morgan fingerprint density at radius 2 is 1.60 bits per heavy atom. The maximum Gasteiger partial charge on any atom is 0.238 e. The van der Waals surface area contributed by atoms with Gasteiger partial charge in [0.05, 0.1) is 17.5 Å². The highest BCUT2D eigenvalue weighted by molar-refractivity contribution is 6.31. The molecule has 0 unspecified atom stereocenters. The highest BCUT2D eigenvalue weighted by Gasteiger charge is 2.49. The fourth-order valence-corrected chi connectivity index (χ4v) is 3.31. The van der Waals surface area contributed by atoms with E-state index in [1.807, 2.05) is 13.8 Å². The van der Waals surface area contributed by atoms with E-state index in [0.29, 0.717) is 23.6 Å². The zero-order chi connectivity index (χ0) is 14.4. The van der Waals surface area contributed by atoms with E-state index in [1.54, 1.807) is 24.3 Å². The van der Waals surface area contributed by atoms with Crippen LogP contribution in [-0.4, -0.2) is 11.8 Å². The van der Waals surface area contributed by atoms with E-state index in [2.05, 4.69) is 0 Å². The summed E-state index contributed by atoms with van der Waals surface area (Å²) in [5, 5.41) is 0.531. The number of carbonyl (C=O) groups excluding carboxylic acids is 2. The van der Waals surface area contributed by atoms with Crippen molar-refractivity contribution >= 4 is 29.1 Å². The van der Waals surface area contributed by atoms with Crippen molar-refractivity contribution in [3.8, 4) is 0 Å². The van der Waals surface area contributed by atoms with Crippen LogP contribution in [0.15, 0.2) is 35.4 Å². The van der Waals surface area contributed by atoms with Gasteiger partial charge in [-0.05, 0) is 44.9 Å². The second-order valence-electron chi connectivity index (χ2n) is 5.67. The fourth-order valence-electron chi connectivity index (χ4n) is 3.12. The summed E-state index contributed by atoms with van der Waals surface area (Å²) in [4.78, 5) is 26.4. The van der Waals surface area contributed by atoms with E-state index in [9.17, 15) is 9.59 Å².